The van der Waals surface area contributed by atoms with Gasteiger partial charge < -0.3 is 4.42 Å². The summed E-state index contributed by atoms with van der Waals surface area (Å²) in [5.41, 5.74) is 3.12. The van der Waals surface area contributed by atoms with Crippen molar-refractivity contribution in [2.75, 3.05) is 0 Å². The maximum Gasteiger partial charge on any atom is 0.195 e. The monoisotopic (exact) mass is 189 g/mol. The van der Waals surface area contributed by atoms with Gasteiger partial charge in [0.15, 0.2) is 11.5 Å². The number of benzene rings is 1. The van der Waals surface area contributed by atoms with Gasteiger partial charge in [0.2, 0.25) is 0 Å². The second kappa shape index (κ2) is 3.82. The molecule has 2 nitrogen and oxygen atoms in total. The molecule has 14 heavy (non-hydrogen) atoms. The summed E-state index contributed by atoms with van der Waals surface area (Å²) in [4.78, 5) is 4.44. The molecule has 2 rings (SSSR count). The lowest BCUT2D eigenvalue weighted by molar-refractivity contribution is 0.517. The third-order valence-corrected chi connectivity index (χ3v) is 2.33. The van der Waals surface area contributed by atoms with Crippen LogP contribution in [0.25, 0.3) is 11.1 Å². The first-order valence-corrected chi connectivity index (χ1v) is 5.15. The third kappa shape index (κ3) is 1.79. The summed E-state index contributed by atoms with van der Waals surface area (Å²) >= 11 is 0. The van der Waals surface area contributed by atoms with E-state index in [0.717, 1.165) is 29.8 Å². The highest BCUT2D eigenvalue weighted by atomic mass is 16.3. The molecule has 0 aliphatic carbocycles. The van der Waals surface area contributed by atoms with Crippen molar-refractivity contribution in [3.63, 3.8) is 0 Å². The SMILES string of the molecule is CCCCc1nc2cc(C)ccc2o1. The number of oxazole rings is 1. The first kappa shape index (κ1) is 9.25. The van der Waals surface area contributed by atoms with Gasteiger partial charge in [0.1, 0.15) is 5.52 Å². The summed E-state index contributed by atoms with van der Waals surface area (Å²) in [7, 11) is 0. The van der Waals surface area contributed by atoms with Crippen LogP contribution < -0.4 is 0 Å². The Bertz CT molecular complexity index is 431. The van der Waals surface area contributed by atoms with Crippen molar-refractivity contribution in [2.45, 2.75) is 33.1 Å². The normalized spacial score (nSPS) is 11.0. The van der Waals surface area contributed by atoms with Gasteiger partial charge in [-0.15, -0.1) is 0 Å². The molecule has 0 aliphatic heterocycles. The van der Waals surface area contributed by atoms with Crippen LogP contribution in [0.2, 0.25) is 0 Å². The maximum absolute atomic E-state index is 5.61. The van der Waals surface area contributed by atoms with Crippen molar-refractivity contribution in [3.8, 4) is 0 Å². The number of aryl methyl sites for hydroxylation is 2. The van der Waals surface area contributed by atoms with Crippen LogP contribution in [0.5, 0.6) is 0 Å². The summed E-state index contributed by atoms with van der Waals surface area (Å²) < 4.78 is 5.61. The molecule has 2 aromatic rings. The van der Waals surface area contributed by atoms with Gasteiger partial charge in [-0.25, -0.2) is 4.98 Å². The molecule has 0 amide bonds. The Morgan fingerprint density at radius 3 is 3.00 bits per heavy atom. The number of aromatic nitrogens is 1. The Labute approximate surface area is 84.0 Å². The van der Waals surface area contributed by atoms with E-state index in [9.17, 15) is 0 Å². The van der Waals surface area contributed by atoms with Crippen molar-refractivity contribution in [3.05, 3.63) is 29.7 Å². The fraction of sp³-hybridized carbons (Fsp3) is 0.417. The zero-order valence-electron chi connectivity index (χ0n) is 8.71. The number of fused-ring (bicyclic) bond motifs is 1. The van der Waals surface area contributed by atoms with E-state index >= 15 is 0 Å². The average molecular weight is 189 g/mol. The largest absolute Gasteiger partial charge is 0.441 e. The smallest absolute Gasteiger partial charge is 0.195 e. The predicted molar refractivity (Wildman–Crippen MR) is 57.4 cm³/mol. The number of hydrogen-bond acceptors (Lipinski definition) is 2. The lowest BCUT2D eigenvalue weighted by Gasteiger charge is -1.89. The minimum Gasteiger partial charge on any atom is -0.441 e. The highest BCUT2D eigenvalue weighted by molar-refractivity contribution is 5.73. The topological polar surface area (TPSA) is 26.0 Å². The van der Waals surface area contributed by atoms with Crippen LogP contribution in [-0.2, 0) is 6.42 Å². The standard InChI is InChI=1S/C12H15NO/c1-3-4-5-12-13-10-8-9(2)6-7-11(10)14-12/h6-8H,3-5H2,1-2H3. The number of unbranched alkanes of at least 4 members (excludes halogenated alkanes) is 1. The van der Waals surface area contributed by atoms with E-state index in [-0.39, 0.29) is 0 Å². The fourth-order valence-electron chi connectivity index (χ4n) is 1.52. The van der Waals surface area contributed by atoms with E-state index in [1.807, 2.05) is 6.07 Å². The third-order valence-electron chi connectivity index (χ3n) is 2.33. The number of nitrogens with zero attached hydrogens (tertiary/aromatic N) is 1. The molecule has 0 saturated carbocycles. The molecule has 0 bridgehead atoms. The van der Waals surface area contributed by atoms with Crippen LogP contribution in [0.3, 0.4) is 0 Å². The summed E-state index contributed by atoms with van der Waals surface area (Å²) in [5.74, 6) is 0.868. The van der Waals surface area contributed by atoms with Crippen molar-refractivity contribution in [1.82, 2.24) is 4.98 Å². The summed E-state index contributed by atoms with van der Waals surface area (Å²) in [5, 5.41) is 0. The van der Waals surface area contributed by atoms with Crippen LogP contribution in [0, 0.1) is 6.92 Å². The summed E-state index contributed by atoms with van der Waals surface area (Å²) in [6, 6.07) is 6.11. The number of rotatable bonds is 3. The Hall–Kier alpha value is -1.31. The van der Waals surface area contributed by atoms with Crippen molar-refractivity contribution in [1.29, 1.82) is 0 Å². The summed E-state index contributed by atoms with van der Waals surface area (Å²) in [6.07, 6.45) is 3.27. The minimum atomic E-state index is 0.868. The Balaban J connectivity index is 2.32. The van der Waals surface area contributed by atoms with Gasteiger partial charge in [0, 0.05) is 6.42 Å². The molecule has 1 aromatic heterocycles. The van der Waals surface area contributed by atoms with Crippen molar-refractivity contribution < 1.29 is 4.42 Å². The Morgan fingerprint density at radius 1 is 1.36 bits per heavy atom. The van der Waals surface area contributed by atoms with E-state index in [1.54, 1.807) is 0 Å². The molecule has 0 N–H and O–H groups in total. The molecular formula is C12H15NO. The molecule has 0 atom stereocenters. The first-order chi connectivity index (χ1) is 6.79. The van der Waals surface area contributed by atoms with Crippen LogP contribution >= 0.6 is 0 Å². The van der Waals surface area contributed by atoms with Gasteiger partial charge in [0.25, 0.3) is 0 Å². The van der Waals surface area contributed by atoms with Gasteiger partial charge in [-0.1, -0.05) is 19.4 Å². The van der Waals surface area contributed by atoms with Crippen LogP contribution in [-0.4, -0.2) is 4.98 Å². The predicted octanol–water partition coefficient (Wildman–Crippen LogP) is 3.48. The van der Waals surface area contributed by atoms with E-state index in [1.165, 1.54) is 12.0 Å². The van der Waals surface area contributed by atoms with Crippen LogP contribution in [0.4, 0.5) is 0 Å². The van der Waals surface area contributed by atoms with Crippen LogP contribution in [0.15, 0.2) is 22.6 Å². The second-order valence-corrected chi connectivity index (χ2v) is 3.68. The quantitative estimate of drug-likeness (QED) is 0.738. The summed E-state index contributed by atoms with van der Waals surface area (Å²) in [6.45, 7) is 4.24. The molecule has 2 heteroatoms. The molecular weight excluding hydrogens is 174 g/mol. The Morgan fingerprint density at radius 2 is 2.21 bits per heavy atom. The van der Waals surface area contributed by atoms with Crippen molar-refractivity contribution in [2.24, 2.45) is 0 Å². The molecule has 0 aliphatic rings. The Kier molecular flexibility index (Phi) is 2.53. The molecule has 1 heterocycles. The molecule has 0 radical (unpaired) electrons. The lowest BCUT2D eigenvalue weighted by Crippen LogP contribution is -1.82. The van der Waals surface area contributed by atoms with Crippen LogP contribution in [0.1, 0.15) is 31.2 Å². The molecule has 74 valence electrons. The zero-order valence-corrected chi connectivity index (χ0v) is 8.71. The molecule has 0 unspecified atom stereocenters. The second-order valence-electron chi connectivity index (χ2n) is 3.68. The van der Waals surface area contributed by atoms with Gasteiger partial charge in [0.05, 0.1) is 0 Å². The van der Waals surface area contributed by atoms with Gasteiger partial charge >= 0.3 is 0 Å². The van der Waals surface area contributed by atoms with Gasteiger partial charge in [-0.3, -0.25) is 0 Å². The first-order valence-electron chi connectivity index (χ1n) is 5.15. The number of hydrogen-bond donors (Lipinski definition) is 0. The molecule has 0 spiro atoms. The van der Waals surface area contributed by atoms with Crippen molar-refractivity contribution >= 4 is 11.1 Å². The highest BCUT2D eigenvalue weighted by Gasteiger charge is 2.04. The molecule has 0 fully saturated rings. The van der Waals surface area contributed by atoms with E-state index in [4.69, 9.17) is 4.42 Å². The average Bonchev–Trinajstić information content (AvgIpc) is 2.56. The van der Waals surface area contributed by atoms with E-state index in [0.29, 0.717) is 0 Å². The van der Waals surface area contributed by atoms with Gasteiger partial charge in [-0.05, 0) is 31.0 Å². The lowest BCUT2D eigenvalue weighted by atomic mass is 10.2. The molecule has 1 aromatic carbocycles. The van der Waals surface area contributed by atoms with E-state index < -0.39 is 0 Å². The van der Waals surface area contributed by atoms with E-state index in [2.05, 4.69) is 31.0 Å². The zero-order chi connectivity index (χ0) is 9.97. The fourth-order valence-corrected chi connectivity index (χ4v) is 1.52. The molecule has 0 saturated heterocycles. The highest BCUT2D eigenvalue weighted by Crippen LogP contribution is 2.17. The minimum absolute atomic E-state index is 0.868. The van der Waals surface area contributed by atoms with Gasteiger partial charge in [-0.2, -0.15) is 0 Å². The maximum atomic E-state index is 5.61.